The highest BCUT2D eigenvalue weighted by molar-refractivity contribution is 5.91. The van der Waals surface area contributed by atoms with Crippen LogP contribution in [0.25, 0.3) is 11.0 Å². The molecule has 1 aromatic carbocycles. The summed E-state index contributed by atoms with van der Waals surface area (Å²) >= 11 is 0. The summed E-state index contributed by atoms with van der Waals surface area (Å²) in [5, 5.41) is 0. The molecular weight excluding hydrogens is 390 g/mol. The van der Waals surface area contributed by atoms with Crippen molar-refractivity contribution in [2.24, 2.45) is 0 Å². The average Bonchev–Trinajstić information content (AvgIpc) is 3.20. The Kier molecular flexibility index (Phi) is 5.31. The summed E-state index contributed by atoms with van der Waals surface area (Å²) in [6.07, 6.45) is 4.58. The number of aromatic nitrogens is 4. The van der Waals surface area contributed by atoms with Crippen LogP contribution >= 0.6 is 0 Å². The number of imidazole rings is 1. The first-order valence-electron chi connectivity index (χ1n) is 11.1. The zero-order valence-corrected chi connectivity index (χ0v) is 18.2. The Morgan fingerprint density at radius 2 is 1.77 bits per heavy atom. The summed E-state index contributed by atoms with van der Waals surface area (Å²) in [7, 11) is 0. The van der Waals surface area contributed by atoms with Gasteiger partial charge in [0.1, 0.15) is 5.82 Å². The van der Waals surface area contributed by atoms with Crippen LogP contribution in [-0.2, 0) is 0 Å². The summed E-state index contributed by atoms with van der Waals surface area (Å²) in [5.41, 5.74) is 1.81. The summed E-state index contributed by atoms with van der Waals surface area (Å²) < 4.78 is 1.84. The average molecular weight is 420 g/mol. The summed E-state index contributed by atoms with van der Waals surface area (Å²) in [5.74, 6) is 1.97. The number of hydrogen-bond donors (Lipinski definition) is 0. The van der Waals surface area contributed by atoms with Gasteiger partial charge in [0.2, 0.25) is 5.95 Å². The van der Waals surface area contributed by atoms with E-state index in [2.05, 4.69) is 33.6 Å². The first kappa shape index (κ1) is 19.9. The fourth-order valence-corrected chi connectivity index (χ4v) is 4.66. The summed E-state index contributed by atoms with van der Waals surface area (Å²) in [6.45, 7) is 9.76. The highest BCUT2D eigenvalue weighted by atomic mass is 16.2. The van der Waals surface area contributed by atoms with Gasteiger partial charge in [0.05, 0.1) is 11.0 Å². The lowest BCUT2D eigenvalue weighted by atomic mass is 10.0. The fourth-order valence-electron chi connectivity index (χ4n) is 4.66. The number of para-hydroxylation sites is 2. The number of anilines is 1. The zero-order valence-electron chi connectivity index (χ0n) is 18.2. The van der Waals surface area contributed by atoms with Crippen LogP contribution in [0.3, 0.4) is 0 Å². The van der Waals surface area contributed by atoms with Crippen molar-refractivity contribution in [3.05, 3.63) is 48.5 Å². The predicted molar refractivity (Wildman–Crippen MR) is 120 cm³/mol. The van der Waals surface area contributed by atoms with E-state index in [1.165, 1.54) is 0 Å². The number of fused-ring (bicyclic) bond motifs is 3. The smallest absolute Gasteiger partial charge is 0.330 e. The van der Waals surface area contributed by atoms with E-state index in [0.717, 1.165) is 68.5 Å². The minimum absolute atomic E-state index is 0.0476. The Morgan fingerprint density at radius 1 is 1.03 bits per heavy atom. The Labute approximate surface area is 182 Å². The molecule has 162 valence electrons. The van der Waals surface area contributed by atoms with Crippen molar-refractivity contribution in [2.45, 2.75) is 32.2 Å². The minimum Gasteiger partial charge on any atom is -0.338 e. The molecule has 1 fully saturated rings. The number of carbonyl (C=O) groups excluding carboxylic acids is 1. The number of benzene rings is 1. The monoisotopic (exact) mass is 419 g/mol. The molecule has 1 saturated heterocycles. The third kappa shape index (κ3) is 3.76. The maximum Gasteiger partial charge on any atom is 0.330 e. The van der Waals surface area contributed by atoms with E-state index in [4.69, 9.17) is 4.98 Å². The normalized spacial score (nSPS) is 20.0. The highest BCUT2D eigenvalue weighted by Crippen LogP contribution is 2.31. The molecule has 0 saturated carbocycles. The van der Waals surface area contributed by atoms with E-state index >= 15 is 0 Å². The molecule has 2 aliphatic rings. The minimum atomic E-state index is 0.0476. The van der Waals surface area contributed by atoms with Crippen LogP contribution < -0.4 is 4.90 Å². The Morgan fingerprint density at radius 3 is 2.52 bits per heavy atom. The second-order valence-electron chi connectivity index (χ2n) is 8.69. The number of rotatable bonds is 5. The van der Waals surface area contributed by atoms with Gasteiger partial charge in [-0.25, -0.2) is 24.3 Å². The Hall–Kier alpha value is -3.00. The number of nitrogens with zero attached hydrogens (tertiary/aromatic N) is 7. The molecule has 3 aromatic rings. The first-order valence-corrected chi connectivity index (χ1v) is 11.1. The second-order valence-corrected chi connectivity index (χ2v) is 8.69. The standard InChI is InChI=1S/C23H29N7O/c1-17(2)29-16-18(21-26-19-6-3-4-7-20(19)30(21)23(29)31)8-11-27-12-14-28(15-13-27)22-24-9-5-10-25-22/h3-7,9-10,17-18H,8,11-16H2,1-2H3. The van der Waals surface area contributed by atoms with Gasteiger partial charge in [0.25, 0.3) is 0 Å². The molecule has 8 nitrogen and oxygen atoms in total. The van der Waals surface area contributed by atoms with E-state index in [1.54, 1.807) is 12.4 Å². The van der Waals surface area contributed by atoms with E-state index < -0.39 is 0 Å². The van der Waals surface area contributed by atoms with Gasteiger partial charge >= 0.3 is 6.03 Å². The topological polar surface area (TPSA) is 70.4 Å². The molecule has 1 unspecified atom stereocenters. The van der Waals surface area contributed by atoms with Crippen molar-refractivity contribution in [2.75, 3.05) is 44.2 Å². The van der Waals surface area contributed by atoms with Gasteiger partial charge in [-0.2, -0.15) is 0 Å². The summed E-state index contributed by atoms with van der Waals surface area (Å²) in [6, 6.07) is 10.0. The number of piperazine rings is 1. The SMILES string of the molecule is CC(C)N1CC(CCN2CCN(c3ncccn3)CC2)c2nc3ccccc3n2C1=O. The maximum atomic E-state index is 13.2. The second kappa shape index (κ2) is 8.26. The molecule has 31 heavy (non-hydrogen) atoms. The van der Waals surface area contributed by atoms with Crippen molar-refractivity contribution in [1.29, 1.82) is 0 Å². The lowest BCUT2D eigenvalue weighted by molar-refractivity contribution is 0.161. The van der Waals surface area contributed by atoms with Gasteiger partial charge in [-0.1, -0.05) is 12.1 Å². The molecule has 1 amide bonds. The van der Waals surface area contributed by atoms with Gasteiger partial charge < -0.3 is 9.80 Å². The van der Waals surface area contributed by atoms with Crippen molar-refractivity contribution in [3.63, 3.8) is 0 Å². The molecule has 0 N–H and O–H groups in total. The van der Waals surface area contributed by atoms with Crippen LogP contribution in [0.2, 0.25) is 0 Å². The van der Waals surface area contributed by atoms with E-state index in [0.29, 0.717) is 0 Å². The lowest BCUT2D eigenvalue weighted by Gasteiger charge is -2.38. The first-order chi connectivity index (χ1) is 15.1. The lowest BCUT2D eigenvalue weighted by Crippen LogP contribution is -2.49. The van der Waals surface area contributed by atoms with Crippen LogP contribution in [0.1, 0.15) is 32.0 Å². The summed E-state index contributed by atoms with van der Waals surface area (Å²) in [4.78, 5) is 33.5. The third-order valence-electron chi connectivity index (χ3n) is 6.43. The molecule has 2 aliphatic heterocycles. The zero-order chi connectivity index (χ0) is 21.4. The largest absolute Gasteiger partial charge is 0.338 e. The van der Waals surface area contributed by atoms with Crippen LogP contribution in [0, 0.1) is 0 Å². The third-order valence-corrected chi connectivity index (χ3v) is 6.43. The predicted octanol–water partition coefficient (Wildman–Crippen LogP) is 2.81. The van der Waals surface area contributed by atoms with Gasteiger partial charge in [-0.3, -0.25) is 4.90 Å². The molecular formula is C23H29N7O. The van der Waals surface area contributed by atoms with Gasteiger partial charge in [-0.15, -0.1) is 0 Å². The van der Waals surface area contributed by atoms with Crippen LogP contribution in [0.5, 0.6) is 0 Å². The van der Waals surface area contributed by atoms with Crippen LogP contribution in [0.15, 0.2) is 42.7 Å². The molecule has 0 radical (unpaired) electrons. The number of amides is 1. The van der Waals surface area contributed by atoms with Crippen molar-refractivity contribution < 1.29 is 4.79 Å². The Balaban J connectivity index is 1.30. The number of carbonyl (C=O) groups is 1. The maximum absolute atomic E-state index is 13.2. The highest BCUT2D eigenvalue weighted by Gasteiger charge is 2.35. The molecule has 8 heteroatoms. The van der Waals surface area contributed by atoms with Gasteiger partial charge in [0, 0.05) is 57.1 Å². The van der Waals surface area contributed by atoms with Crippen molar-refractivity contribution in [3.8, 4) is 0 Å². The van der Waals surface area contributed by atoms with Gasteiger partial charge in [-0.05, 0) is 45.0 Å². The molecule has 4 heterocycles. The van der Waals surface area contributed by atoms with Gasteiger partial charge in [0.15, 0.2) is 0 Å². The van der Waals surface area contributed by atoms with E-state index in [1.807, 2.05) is 39.8 Å². The van der Waals surface area contributed by atoms with E-state index in [-0.39, 0.29) is 18.0 Å². The van der Waals surface area contributed by atoms with E-state index in [9.17, 15) is 4.79 Å². The molecule has 1 atom stereocenters. The molecule has 0 aliphatic carbocycles. The number of hydrogen-bond acceptors (Lipinski definition) is 6. The van der Waals surface area contributed by atoms with Crippen molar-refractivity contribution >= 4 is 23.0 Å². The molecule has 2 aromatic heterocycles. The molecule has 0 bridgehead atoms. The quantitative estimate of drug-likeness (QED) is 0.633. The van der Waals surface area contributed by atoms with Crippen LogP contribution in [-0.4, -0.2) is 80.7 Å². The molecule has 5 rings (SSSR count). The van der Waals surface area contributed by atoms with Crippen molar-refractivity contribution in [1.82, 2.24) is 29.3 Å². The molecule has 0 spiro atoms. The fraction of sp³-hybridized carbons (Fsp3) is 0.478. The Bertz CT molecular complexity index is 1060. The van der Waals surface area contributed by atoms with Crippen LogP contribution in [0.4, 0.5) is 10.7 Å².